The number of H-pyrrole nitrogens is 1. The molecule has 0 aliphatic carbocycles. The van der Waals surface area contributed by atoms with Crippen molar-refractivity contribution in [3.8, 4) is 11.8 Å². The summed E-state index contributed by atoms with van der Waals surface area (Å²) in [5.74, 6) is 0.157. The first-order valence-corrected chi connectivity index (χ1v) is 4.03. The van der Waals surface area contributed by atoms with Crippen molar-refractivity contribution in [2.24, 2.45) is 0 Å². The van der Waals surface area contributed by atoms with Gasteiger partial charge in [0.15, 0.2) is 0 Å². The molecule has 0 aliphatic rings. The van der Waals surface area contributed by atoms with E-state index in [0.717, 1.165) is 0 Å². The standard InChI is InChI=1S/C8H12N2O4/c1-12-3-4-14-8-9-5-6(13-2)7(11)10-8/h5H,3-4H2,1-2H3,(H,9,10,11). The number of rotatable bonds is 5. The Bertz CT molecular complexity index is 336. The first-order valence-electron chi connectivity index (χ1n) is 4.03. The van der Waals surface area contributed by atoms with E-state index in [1.165, 1.54) is 13.3 Å². The molecule has 0 aliphatic heterocycles. The van der Waals surface area contributed by atoms with E-state index in [4.69, 9.17) is 14.2 Å². The van der Waals surface area contributed by atoms with Crippen LogP contribution in [0.2, 0.25) is 0 Å². The second-order valence-electron chi connectivity index (χ2n) is 2.43. The predicted molar refractivity (Wildman–Crippen MR) is 48.8 cm³/mol. The Kier molecular flexibility index (Phi) is 3.93. The van der Waals surface area contributed by atoms with Gasteiger partial charge in [0.05, 0.1) is 19.9 Å². The number of aromatic nitrogens is 2. The van der Waals surface area contributed by atoms with E-state index in [0.29, 0.717) is 13.2 Å². The minimum absolute atomic E-state index is 0.157. The van der Waals surface area contributed by atoms with Crippen LogP contribution in [0.25, 0.3) is 0 Å². The second kappa shape index (κ2) is 5.23. The molecule has 0 fully saturated rings. The number of hydrogen-bond acceptors (Lipinski definition) is 5. The maximum atomic E-state index is 11.2. The lowest BCUT2D eigenvalue weighted by Gasteiger charge is -2.04. The van der Waals surface area contributed by atoms with Gasteiger partial charge in [-0.05, 0) is 0 Å². The number of ether oxygens (including phenoxy) is 3. The normalized spacial score (nSPS) is 9.86. The molecule has 0 atom stereocenters. The van der Waals surface area contributed by atoms with Crippen molar-refractivity contribution >= 4 is 0 Å². The molecule has 0 spiro atoms. The summed E-state index contributed by atoms with van der Waals surface area (Å²) in [6, 6.07) is 0.160. The maximum Gasteiger partial charge on any atom is 0.296 e. The van der Waals surface area contributed by atoms with Gasteiger partial charge >= 0.3 is 0 Å². The lowest BCUT2D eigenvalue weighted by atomic mass is 10.6. The summed E-state index contributed by atoms with van der Waals surface area (Å²) in [7, 11) is 2.96. The van der Waals surface area contributed by atoms with E-state index in [2.05, 4.69) is 9.97 Å². The van der Waals surface area contributed by atoms with Crippen molar-refractivity contribution in [1.29, 1.82) is 0 Å². The lowest BCUT2D eigenvalue weighted by Crippen LogP contribution is -2.14. The van der Waals surface area contributed by atoms with E-state index >= 15 is 0 Å². The van der Waals surface area contributed by atoms with Crippen LogP contribution in [0, 0.1) is 0 Å². The summed E-state index contributed by atoms with van der Waals surface area (Å²) in [5.41, 5.74) is -0.366. The average molecular weight is 200 g/mol. The van der Waals surface area contributed by atoms with Crippen LogP contribution in [0.4, 0.5) is 0 Å². The molecule has 6 heteroatoms. The minimum atomic E-state index is -0.366. The van der Waals surface area contributed by atoms with Gasteiger partial charge in [-0.3, -0.25) is 9.78 Å². The summed E-state index contributed by atoms with van der Waals surface area (Å²) in [4.78, 5) is 17.4. The Morgan fingerprint density at radius 2 is 2.21 bits per heavy atom. The van der Waals surface area contributed by atoms with E-state index in [9.17, 15) is 4.79 Å². The van der Waals surface area contributed by atoms with Gasteiger partial charge in [0.2, 0.25) is 5.75 Å². The van der Waals surface area contributed by atoms with E-state index < -0.39 is 0 Å². The lowest BCUT2D eigenvalue weighted by molar-refractivity contribution is 0.140. The monoisotopic (exact) mass is 200 g/mol. The van der Waals surface area contributed by atoms with Crippen LogP contribution in [0.5, 0.6) is 11.8 Å². The van der Waals surface area contributed by atoms with E-state index in [1.54, 1.807) is 7.11 Å². The summed E-state index contributed by atoms with van der Waals surface area (Å²) in [6.45, 7) is 0.779. The van der Waals surface area contributed by atoms with Gasteiger partial charge in [-0.2, -0.15) is 0 Å². The van der Waals surface area contributed by atoms with Gasteiger partial charge in [-0.15, -0.1) is 0 Å². The average Bonchev–Trinajstić information content (AvgIpc) is 2.18. The summed E-state index contributed by atoms with van der Waals surface area (Å²) < 4.78 is 14.6. The zero-order chi connectivity index (χ0) is 10.4. The van der Waals surface area contributed by atoms with Crippen molar-refractivity contribution in [2.45, 2.75) is 0 Å². The quantitative estimate of drug-likeness (QED) is 0.666. The van der Waals surface area contributed by atoms with Gasteiger partial charge in [0.1, 0.15) is 6.61 Å². The molecule has 1 heterocycles. The summed E-state index contributed by atoms with van der Waals surface area (Å²) in [6.07, 6.45) is 1.31. The van der Waals surface area contributed by atoms with E-state index in [-0.39, 0.29) is 17.3 Å². The summed E-state index contributed by atoms with van der Waals surface area (Å²) >= 11 is 0. The molecule has 0 bridgehead atoms. The third-order valence-corrected chi connectivity index (χ3v) is 1.49. The van der Waals surface area contributed by atoms with Gasteiger partial charge in [0, 0.05) is 7.11 Å². The van der Waals surface area contributed by atoms with Crippen molar-refractivity contribution in [2.75, 3.05) is 27.4 Å². The van der Waals surface area contributed by atoms with Crippen molar-refractivity contribution in [3.63, 3.8) is 0 Å². The van der Waals surface area contributed by atoms with Crippen molar-refractivity contribution in [1.82, 2.24) is 9.97 Å². The molecule has 78 valence electrons. The minimum Gasteiger partial charge on any atom is -0.490 e. The highest BCUT2D eigenvalue weighted by atomic mass is 16.5. The number of nitrogens with one attached hydrogen (secondary N) is 1. The first kappa shape index (κ1) is 10.5. The first-order chi connectivity index (χ1) is 6.77. The summed E-state index contributed by atoms with van der Waals surface area (Å²) in [5, 5.41) is 0. The fourth-order valence-corrected chi connectivity index (χ4v) is 0.807. The fraction of sp³-hybridized carbons (Fsp3) is 0.500. The van der Waals surface area contributed by atoms with Crippen LogP contribution in [0.15, 0.2) is 11.0 Å². The van der Waals surface area contributed by atoms with Crippen molar-refractivity contribution < 1.29 is 14.2 Å². The Morgan fingerprint density at radius 1 is 1.43 bits per heavy atom. The Hall–Kier alpha value is -1.56. The molecule has 1 aromatic heterocycles. The van der Waals surface area contributed by atoms with E-state index in [1.807, 2.05) is 0 Å². The molecule has 14 heavy (non-hydrogen) atoms. The molecular formula is C8H12N2O4. The highest BCUT2D eigenvalue weighted by Gasteiger charge is 2.01. The Morgan fingerprint density at radius 3 is 2.79 bits per heavy atom. The smallest absolute Gasteiger partial charge is 0.296 e. The molecule has 1 rings (SSSR count). The zero-order valence-electron chi connectivity index (χ0n) is 8.07. The molecule has 1 N–H and O–H groups in total. The molecule has 0 saturated carbocycles. The molecule has 1 aromatic rings. The van der Waals surface area contributed by atoms with Crippen LogP contribution in [0.3, 0.4) is 0 Å². The highest BCUT2D eigenvalue weighted by molar-refractivity contribution is 5.14. The largest absolute Gasteiger partial charge is 0.490 e. The molecule has 6 nitrogen and oxygen atoms in total. The maximum absolute atomic E-state index is 11.2. The predicted octanol–water partition coefficient (Wildman–Crippen LogP) is -0.196. The number of hydrogen-bond donors (Lipinski definition) is 1. The Balaban J connectivity index is 2.62. The SMILES string of the molecule is COCCOc1ncc(OC)c(=O)[nH]1. The Labute approximate surface area is 80.8 Å². The molecule has 0 saturated heterocycles. The topological polar surface area (TPSA) is 73.4 Å². The van der Waals surface area contributed by atoms with Gasteiger partial charge < -0.3 is 14.2 Å². The molecule has 0 radical (unpaired) electrons. The molecule has 0 aromatic carbocycles. The van der Waals surface area contributed by atoms with Gasteiger partial charge in [-0.1, -0.05) is 0 Å². The fourth-order valence-electron chi connectivity index (χ4n) is 0.807. The molecule has 0 unspecified atom stereocenters. The second-order valence-corrected chi connectivity index (χ2v) is 2.43. The molecular weight excluding hydrogens is 188 g/mol. The highest BCUT2D eigenvalue weighted by Crippen LogP contribution is 2.02. The third-order valence-electron chi connectivity index (χ3n) is 1.49. The molecule has 0 amide bonds. The third kappa shape index (κ3) is 2.74. The van der Waals surface area contributed by atoms with Crippen LogP contribution in [0.1, 0.15) is 0 Å². The van der Waals surface area contributed by atoms with Crippen LogP contribution in [-0.4, -0.2) is 37.4 Å². The van der Waals surface area contributed by atoms with Crippen LogP contribution < -0.4 is 15.0 Å². The van der Waals surface area contributed by atoms with Crippen molar-refractivity contribution in [3.05, 3.63) is 16.6 Å². The van der Waals surface area contributed by atoms with Gasteiger partial charge in [-0.25, -0.2) is 4.98 Å². The zero-order valence-corrected chi connectivity index (χ0v) is 8.07. The number of methoxy groups -OCH3 is 2. The van der Waals surface area contributed by atoms with Gasteiger partial charge in [0.25, 0.3) is 11.6 Å². The number of nitrogens with zero attached hydrogens (tertiary/aromatic N) is 1. The van der Waals surface area contributed by atoms with Crippen LogP contribution >= 0.6 is 0 Å². The van der Waals surface area contributed by atoms with Crippen LogP contribution in [-0.2, 0) is 4.74 Å². The number of aromatic amines is 1.